The molecule has 3 fully saturated rings. The van der Waals surface area contributed by atoms with Crippen molar-refractivity contribution < 1.29 is 19.1 Å². The van der Waals surface area contributed by atoms with Gasteiger partial charge < -0.3 is 14.5 Å². The van der Waals surface area contributed by atoms with Crippen molar-refractivity contribution in [2.24, 2.45) is 5.92 Å². The summed E-state index contributed by atoms with van der Waals surface area (Å²) in [5.74, 6) is 0.544. The van der Waals surface area contributed by atoms with E-state index in [1.54, 1.807) is 41.2 Å². The van der Waals surface area contributed by atoms with Crippen molar-refractivity contribution in [3.05, 3.63) is 24.3 Å². The fourth-order valence-electron chi connectivity index (χ4n) is 4.39. The van der Waals surface area contributed by atoms with Crippen LogP contribution in [-0.2, 0) is 9.59 Å². The van der Waals surface area contributed by atoms with Gasteiger partial charge >= 0.3 is 6.03 Å². The van der Waals surface area contributed by atoms with Crippen molar-refractivity contribution >= 4 is 23.5 Å². The summed E-state index contributed by atoms with van der Waals surface area (Å²) >= 11 is 0. The summed E-state index contributed by atoms with van der Waals surface area (Å²) in [5, 5.41) is 0. The van der Waals surface area contributed by atoms with Gasteiger partial charge in [0.1, 0.15) is 11.8 Å². The normalized spacial score (nSPS) is 23.6. The second kappa shape index (κ2) is 7.21. The molecule has 3 aliphatic rings. The molecule has 2 heterocycles. The number of piperazine rings is 1. The number of fused-ring (bicyclic) bond motifs is 1. The number of urea groups is 1. The van der Waals surface area contributed by atoms with Crippen LogP contribution in [0.4, 0.5) is 10.5 Å². The van der Waals surface area contributed by atoms with Gasteiger partial charge in [-0.25, -0.2) is 9.69 Å². The predicted octanol–water partition coefficient (Wildman–Crippen LogP) is 2.25. The highest BCUT2D eigenvalue weighted by Crippen LogP contribution is 2.31. The molecule has 7 heteroatoms. The zero-order chi connectivity index (χ0) is 19.0. The molecule has 0 spiro atoms. The standard InChI is InChI=1S/C20H25N3O4/c1-27-16-9-5-8-15(12-16)23-19(25)17-13-21(10-11-22(17)20(23)26)18(24)14-6-3-2-4-7-14/h5,8-9,12,14,17H,2-4,6-7,10-11,13H2,1H3/t17-/m1/s1. The number of benzene rings is 1. The zero-order valence-corrected chi connectivity index (χ0v) is 15.6. The number of hydrogen-bond acceptors (Lipinski definition) is 4. The molecule has 1 aromatic rings. The smallest absolute Gasteiger partial charge is 0.332 e. The van der Waals surface area contributed by atoms with E-state index in [1.807, 2.05) is 0 Å². The van der Waals surface area contributed by atoms with Gasteiger partial charge in [-0.1, -0.05) is 25.3 Å². The Labute approximate surface area is 158 Å². The molecule has 1 aromatic carbocycles. The molecule has 27 heavy (non-hydrogen) atoms. The Morgan fingerprint density at radius 2 is 1.89 bits per heavy atom. The van der Waals surface area contributed by atoms with Crippen LogP contribution >= 0.6 is 0 Å². The van der Waals surface area contributed by atoms with Crippen LogP contribution in [0.15, 0.2) is 24.3 Å². The van der Waals surface area contributed by atoms with Crippen molar-refractivity contribution in [3.8, 4) is 5.75 Å². The number of imide groups is 1. The molecule has 0 radical (unpaired) electrons. The SMILES string of the molecule is COc1cccc(N2C(=O)[C@H]3CN(C(=O)C4CCCCC4)CCN3C2=O)c1. The first kappa shape index (κ1) is 17.8. The first-order valence-electron chi connectivity index (χ1n) is 9.67. The van der Waals surface area contributed by atoms with Crippen molar-refractivity contribution in [3.63, 3.8) is 0 Å². The van der Waals surface area contributed by atoms with Gasteiger partial charge in [-0.05, 0) is 25.0 Å². The molecular weight excluding hydrogens is 346 g/mol. The maximum atomic E-state index is 13.0. The maximum absolute atomic E-state index is 13.0. The Morgan fingerprint density at radius 3 is 2.63 bits per heavy atom. The molecule has 2 aliphatic heterocycles. The van der Waals surface area contributed by atoms with E-state index in [0.29, 0.717) is 31.1 Å². The molecule has 0 aromatic heterocycles. The summed E-state index contributed by atoms with van der Waals surface area (Å²) in [5.41, 5.74) is 0.504. The molecule has 1 atom stereocenters. The monoisotopic (exact) mass is 371 g/mol. The molecule has 0 unspecified atom stereocenters. The molecule has 1 saturated carbocycles. The van der Waals surface area contributed by atoms with Crippen LogP contribution in [-0.4, -0.2) is 60.4 Å². The topological polar surface area (TPSA) is 70.2 Å². The Kier molecular flexibility index (Phi) is 4.76. The van der Waals surface area contributed by atoms with Crippen molar-refractivity contribution in [2.45, 2.75) is 38.1 Å². The number of carbonyl (C=O) groups is 3. The number of anilines is 1. The highest BCUT2D eigenvalue weighted by atomic mass is 16.5. The van der Waals surface area contributed by atoms with E-state index in [2.05, 4.69) is 0 Å². The molecule has 0 bridgehead atoms. The minimum atomic E-state index is -0.593. The van der Waals surface area contributed by atoms with Crippen LogP contribution in [0.25, 0.3) is 0 Å². The highest BCUT2D eigenvalue weighted by Gasteiger charge is 2.49. The maximum Gasteiger partial charge on any atom is 0.332 e. The first-order valence-corrected chi connectivity index (χ1v) is 9.67. The third-order valence-electron chi connectivity index (χ3n) is 5.90. The Hall–Kier alpha value is -2.57. The van der Waals surface area contributed by atoms with E-state index in [4.69, 9.17) is 4.74 Å². The first-order chi connectivity index (χ1) is 13.1. The summed E-state index contributed by atoms with van der Waals surface area (Å²) in [6, 6.07) is 6.02. The number of nitrogens with zero attached hydrogens (tertiary/aromatic N) is 3. The van der Waals surface area contributed by atoms with Gasteiger partial charge in [-0.2, -0.15) is 0 Å². The average molecular weight is 371 g/mol. The third-order valence-corrected chi connectivity index (χ3v) is 5.90. The van der Waals surface area contributed by atoms with E-state index in [9.17, 15) is 14.4 Å². The van der Waals surface area contributed by atoms with Crippen LogP contribution in [0.2, 0.25) is 0 Å². The minimum Gasteiger partial charge on any atom is -0.497 e. The van der Waals surface area contributed by atoms with Crippen LogP contribution in [0.1, 0.15) is 32.1 Å². The van der Waals surface area contributed by atoms with Crippen LogP contribution < -0.4 is 9.64 Å². The van der Waals surface area contributed by atoms with Gasteiger partial charge in [0, 0.05) is 25.1 Å². The summed E-state index contributed by atoms with van der Waals surface area (Å²) < 4.78 is 5.20. The van der Waals surface area contributed by atoms with E-state index in [0.717, 1.165) is 25.7 Å². The molecule has 7 nitrogen and oxygen atoms in total. The number of carbonyl (C=O) groups excluding carboxylic acids is 3. The molecule has 144 valence electrons. The van der Waals surface area contributed by atoms with Crippen LogP contribution in [0.3, 0.4) is 0 Å². The van der Waals surface area contributed by atoms with Gasteiger partial charge in [0.25, 0.3) is 5.91 Å². The van der Waals surface area contributed by atoms with E-state index < -0.39 is 6.04 Å². The molecule has 4 rings (SSSR count). The molecule has 2 saturated heterocycles. The Balaban J connectivity index is 1.51. The number of ether oxygens (including phenoxy) is 1. The molecular formula is C20H25N3O4. The number of amides is 4. The summed E-state index contributed by atoms with van der Waals surface area (Å²) in [7, 11) is 1.55. The van der Waals surface area contributed by atoms with Crippen molar-refractivity contribution in [1.82, 2.24) is 9.80 Å². The van der Waals surface area contributed by atoms with E-state index in [1.165, 1.54) is 11.3 Å². The quantitative estimate of drug-likeness (QED) is 0.764. The lowest BCUT2D eigenvalue weighted by Gasteiger charge is -2.37. The molecule has 4 amide bonds. The van der Waals surface area contributed by atoms with Gasteiger partial charge in [0.15, 0.2) is 0 Å². The van der Waals surface area contributed by atoms with Crippen molar-refractivity contribution in [1.29, 1.82) is 0 Å². The number of methoxy groups -OCH3 is 1. The van der Waals surface area contributed by atoms with Crippen LogP contribution in [0.5, 0.6) is 5.75 Å². The van der Waals surface area contributed by atoms with Crippen molar-refractivity contribution in [2.75, 3.05) is 31.6 Å². The largest absolute Gasteiger partial charge is 0.497 e. The fraction of sp³-hybridized carbons (Fsp3) is 0.550. The second-order valence-corrected chi connectivity index (χ2v) is 7.49. The summed E-state index contributed by atoms with van der Waals surface area (Å²) in [6.45, 7) is 1.19. The predicted molar refractivity (Wildman–Crippen MR) is 99.5 cm³/mol. The fourth-order valence-corrected chi connectivity index (χ4v) is 4.39. The molecule has 1 aliphatic carbocycles. The van der Waals surface area contributed by atoms with Gasteiger partial charge in [-0.15, -0.1) is 0 Å². The lowest BCUT2D eigenvalue weighted by molar-refractivity contribution is -0.139. The minimum absolute atomic E-state index is 0.0759. The van der Waals surface area contributed by atoms with Gasteiger partial charge in [-0.3, -0.25) is 9.59 Å². The third kappa shape index (κ3) is 3.15. The van der Waals surface area contributed by atoms with E-state index >= 15 is 0 Å². The lowest BCUT2D eigenvalue weighted by Crippen LogP contribution is -2.55. The average Bonchev–Trinajstić information content (AvgIpc) is 2.98. The van der Waals surface area contributed by atoms with E-state index in [-0.39, 0.29) is 23.8 Å². The lowest BCUT2D eigenvalue weighted by atomic mass is 9.88. The molecule has 0 N–H and O–H groups in total. The van der Waals surface area contributed by atoms with Gasteiger partial charge in [0.05, 0.1) is 19.3 Å². The van der Waals surface area contributed by atoms with Crippen LogP contribution in [0, 0.1) is 5.92 Å². The number of hydrogen-bond donors (Lipinski definition) is 0. The Morgan fingerprint density at radius 1 is 1.11 bits per heavy atom. The second-order valence-electron chi connectivity index (χ2n) is 7.49. The summed E-state index contributed by atoms with van der Waals surface area (Å²) in [6.07, 6.45) is 5.27. The van der Waals surface area contributed by atoms with Gasteiger partial charge in [0.2, 0.25) is 5.91 Å². The summed E-state index contributed by atoms with van der Waals surface area (Å²) in [4.78, 5) is 43.2. The Bertz CT molecular complexity index is 759. The zero-order valence-electron chi connectivity index (χ0n) is 15.6. The number of rotatable bonds is 3. The highest BCUT2D eigenvalue weighted by molar-refractivity contribution is 6.21.